The van der Waals surface area contributed by atoms with Crippen molar-refractivity contribution in [1.29, 1.82) is 0 Å². The summed E-state index contributed by atoms with van der Waals surface area (Å²) in [6.45, 7) is 1.89. The predicted molar refractivity (Wildman–Crippen MR) is 115 cm³/mol. The van der Waals surface area contributed by atoms with Crippen LogP contribution in [0.1, 0.15) is 29.2 Å². The van der Waals surface area contributed by atoms with E-state index in [1.54, 1.807) is 36.4 Å². The lowest BCUT2D eigenvalue weighted by molar-refractivity contribution is 0.370. The van der Waals surface area contributed by atoms with Gasteiger partial charge in [-0.3, -0.25) is 0 Å². The van der Waals surface area contributed by atoms with Crippen molar-refractivity contribution < 1.29 is 12.8 Å². The van der Waals surface area contributed by atoms with E-state index >= 15 is 0 Å². The van der Waals surface area contributed by atoms with Gasteiger partial charge >= 0.3 is 0 Å². The Labute approximate surface area is 177 Å². The van der Waals surface area contributed by atoms with Crippen molar-refractivity contribution in [3.05, 3.63) is 99.8 Å². The summed E-state index contributed by atoms with van der Waals surface area (Å²) in [5.74, 6) is -0.411. The van der Waals surface area contributed by atoms with Crippen LogP contribution in [0.3, 0.4) is 0 Å². The smallest absolute Gasteiger partial charge is 0.207 e. The monoisotopic (exact) mass is 472 g/mol. The molecular weight excluding hydrogens is 455 g/mol. The number of benzene rings is 3. The van der Waals surface area contributed by atoms with Gasteiger partial charge in [-0.05, 0) is 54.4 Å². The van der Waals surface area contributed by atoms with Crippen LogP contribution in [0.2, 0.25) is 0 Å². The van der Waals surface area contributed by atoms with Gasteiger partial charge in [0.05, 0.1) is 16.6 Å². The minimum atomic E-state index is -3.91. The summed E-state index contributed by atoms with van der Waals surface area (Å²) in [4.78, 5) is 0.156. The number of hydrazone groups is 1. The first kappa shape index (κ1) is 19.8. The molecule has 0 fully saturated rings. The molecule has 3 aromatic carbocycles. The number of nitrogens with zero attached hydrogens (tertiary/aromatic N) is 2. The van der Waals surface area contributed by atoms with Crippen molar-refractivity contribution >= 4 is 31.7 Å². The molecule has 1 unspecified atom stereocenters. The Balaban J connectivity index is 1.82. The Morgan fingerprint density at radius 3 is 2.45 bits per heavy atom. The summed E-state index contributed by atoms with van der Waals surface area (Å²) >= 11 is 3.44. The van der Waals surface area contributed by atoms with Crippen molar-refractivity contribution in [1.82, 2.24) is 4.41 Å². The van der Waals surface area contributed by atoms with Crippen LogP contribution in [-0.4, -0.2) is 18.5 Å². The number of hydrogen-bond acceptors (Lipinski definition) is 3. The highest BCUT2D eigenvalue weighted by Crippen LogP contribution is 2.37. The summed E-state index contributed by atoms with van der Waals surface area (Å²) in [7, 11) is -3.91. The van der Waals surface area contributed by atoms with Gasteiger partial charge in [-0.25, -0.2) is 4.39 Å². The summed E-state index contributed by atoms with van der Waals surface area (Å²) in [5.41, 5.74) is 2.98. The molecule has 7 heteroatoms. The number of hydrogen-bond donors (Lipinski definition) is 0. The highest BCUT2D eigenvalue weighted by atomic mass is 79.9. The third kappa shape index (κ3) is 3.97. The number of halogens is 2. The van der Waals surface area contributed by atoms with Crippen LogP contribution >= 0.6 is 15.9 Å². The number of sulfonamides is 1. The van der Waals surface area contributed by atoms with E-state index in [1.807, 2.05) is 31.2 Å². The molecule has 0 aromatic heterocycles. The van der Waals surface area contributed by atoms with E-state index in [-0.39, 0.29) is 4.90 Å². The van der Waals surface area contributed by atoms with Crippen LogP contribution in [0, 0.1) is 12.7 Å². The van der Waals surface area contributed by atoms with Crippen LogP contribution in [0.15, 0.2) is 87.3 Å². The molecule has 1 aliphatic rings. The first-order valence-electron chi connectivity index (χ1n) is 9.04. The zero-order valence-electron chi connectivity index (χ0n) is 15.6. The van der Waals surface area contributed by atoms with E-state index in [9.17, 15) is 12.8 Å². The molecular formula is C22H18BrFN2O2S. The van der Waals surface area contributed by atoms with Gasteiger partial charge in [-0.2, -0.15) is 17.9 Å². The molecule has 0 amide bonds. The molecule has 0 spiro atoms. The molecule has 148 valence electrons. The largest absolute Gasteiger partial charge is 0.279 e. The van der Waals surface area contributed by atoms with Gasteiger partial charge < -0.3 is 0 Å². The maximum atomic E-state index is 13.9. The topological polar surface area (TPSA) is 49.7 Å². The summed E-state index contributed by atoms with van der Waals surface area (Å²) in [5, 5.41) is 4.48. The van der Waals surface area contributed by atoms with Gasteiger partial charge in [-0.15, -0.1) is 0 Å². The van der Waals surface area contributed by atoms with E-state index in [1.165, 1.54) is 12.1 Å². The third-order valence-corrected chi connectivity index (χ3v) is 7.02. The van der Waals surface area contributed by atoms with Crippen LogP contribution in [0.4, 0.5) is 4.39 Å². The van der Waals surface area contributed by atoms with E-state index < -0.39 is 21.9 Å². The van der Waals surface area contributed by atoms with E-state index in [2.05, 4.69) is 21.0 Å². The minimum absolute atomic E-state index is 0.156. The van der Waals surface area contributed by atoms with E-state index in [0.717, 1.165) is 20.0 Å². The Bertz CT molecular complexity index is 1190. The first-order chi connectivity index (χ1) is 13.8. The van der Waals surface area contributed by atoms with Crippen molar-refractivity contribution in [3.8, 4) is 0 Å². The summed E-state index contributed by atoms with van der Waals surface area (Å²) < 4.78 is 42.6. The van der Waals surface area contributed by atoms with Gasteiger partial charge in [0, 0.05) is 10.9 Å². The van der Waals surface area contributed by atoms with Crippen LogP contribution < -0.4 is 0 Å². The van der Waals surface area contributed by atoms with Crippen LogP contribution in [0.25, 0.3) is 0 Å². The van der Waals surface area contributed by atoms with Gasteiger partial charge in [-0.1, -0.05) is 57.9 Å². The molecule has 1 aliphatic heterocycles. The molecule has 0 saturated carbocycles. The molecule has 4 nitrogen and oxygen atoms in total. The maximum absolute atomic E-state index is 13.9. The third-order valence-electron chi connectivity index (χ3n) is 4.83. The van der Waals surface area contributed by atoms with Crippen molar-refractivity contribution in [2.75, 3.05) is 0 Å². The van der Waals surface area contributed by atoms with E-state index in [0.29, 0.717) is 17.7 Å². The molecule has 0 aliphatic carbocycles. The maximum Gasteiger partial charge on any atom is 0.279 e. The lowest BCUT2D eigenvalue weighted by Gasteiger charge is -2.23. The van der Waals surface area contributed by atoms with Crippen molar-refractivity contribution in [2.45, 2.75) is 24.3 Å². The summed E-state index contributed by atoms with van der Waals surface area (Å²) in [6.07, 6.45) is 0.352. The van der Waals surface area contributed by atoms with Gasteiger partial charge in [0.1, 0.15) is 5.82 Å². The van der Waals surface area contributed by atoms with Crippen LogP contribution in [0.5, 0.6) is 0 Å². The SMILES string of the molecule is Cc1ccc(S(=O)(=O)N2N=C(c3cccc(Br)c3)CC2c2cccc(F)c2)cc1. The van der Waals surface area contributed by atoms with E-state index in [4.69, 9.17) is 0 Å². The van der Waals surface area contributed by atoms with Crippen molar-refractivity contribution in [2.24, 2.45) is 5.10 Å². The molecule has 29 heavy (non-hydrogen) atoms. The molecule has 1 atom stereocenters. The summed E-state index contributed by atoms with van der Waals surface area (Å²) in [6, 6.07) is 19.6. The Morgan fingerprint density at radius 1 is 1.03 bits per heavy atom. The Morgan fingerprint density at radius 2 is 1.76 bits per heavy atom. The lowest BCUT2D eigenvalue weighted by Crippen LogP contribution is -2.27. The standard InChI is InChI=1S/C22H18BrFN2O2S/c1-15-8-10-20(11-9-15)29(27,28)26-22(17-5-3-7-19(24)13-17)14-21(25-26)16-4-2-6-18(23)12-16/h2-13,22H,14H2,1H3. The lowest BCUT2D eigenvalue weighted by atomic mass is 9.99. The molecule has 1 heterocycles. The zero-order chi connectivity index (χ0) is 20.6. The molecule has 0 bridgehead atoms. The minimum Gasteiger partial charge on any atom is -0.207 e. The Kier molecular flexibility index (Phi) is 5.27. The van der Waals surface area contributed by atoms with Gasteiger partial charge in [0.15, 0.2) is 0 Å². The average molecular weight is 473 g/mol. The first-order valence-corrected chi connectivity index (χ1v) is 11.3. The van der Waals surface area contributed by atoms with Crippen LogP contribution in [-0.2, 0) is 10.0 Å². The quantitative estimate of drug-likeness (QED) is 0.507. The highest BCUT2D eigenvalue weighted by Gasteiger charge is 2.37. The molecule has 3 aromatic rings. The second-order valence-corrected chi connectivity index (χ2v) is 9.63. The molecule has 4 rings (SSSR count). The predicted octanol–water partition coefficient (Wildman–Crippen LogP) is 5.44. The highest BCUT2D eigenvalue weighted by molar-refractivity contribution is 9.10. The normalized spacial score (nSPS) is 16.7. The molecule has 0 N–H and O–H groups in total. The fourth-order valence-corrected chi connectivity index (χ4v) is 5.17. The fraction of sp³-hybridized carbons (Fsp3) is 0.136. The zero-order valence-corrected chi connectivity index (χ0v) is 18.0. The number of rotatable bonds is 4. The number of aryl methyl sites for hydroxylation is 1. The fourth-order valence-electron chi connectivity index (χ4n) is 3.33. The molecule has 0 saturated heterocycles. The Hall–Kier alpha value is -2.51. The second-order valence-electron chi connectivity index (χ2n) is 6.92. The average Bonchev–Trinajstić information content (AvgIpc) is 3.15. The molecule has 0 radical (unpaired) electrons. The van der Waals surface area contributed by atoms with Gasteiger partial charge in [0.2, 0.25) is 0 Å². The van der Waals surface area contributed by atoms with Crippen molar-refractivity contribution in [3.63, 3.8) is 0 Å². The van der Waals surface area contributed by atoms with Gasteiger partial charge in [0.25, 0.3) is 10.0 Å². The second kappa shape index (κ2) is 7.72.